The Bertz CT molecular complexity index is 739. The second kappa shape index (κ2) is 5.07. The van der Waals surface area contributed by atoms with Crippen LogP contribution in [-0.2, 0) is 14.6 Å². The van der Waals surface area contributed by atoms with Gasteiger partial charge in [-0.25, -0.2) is 8.42 Å². The van der Waals surface area contributed by atoms with Crippen LogP contribution >= 0.6 is 11.6 Å². The van der Waals surface area contributed by atoms with Gasteiger partial charge in [-0.1, -0.05) is 23.4 Å². The first-order chi connectivity index (χ1) is 9.67. The highest BCUT2D eigenvalue weighted by atomic mass is 35.5. The van der Waals surface area contributed by atoms with Crippen molar-refractivity contribution < 1.29 is 13.2 Å². The number of hydrogen-bond acceptors (Lipinski definition) is 3. The summed E-state index contributed by atoms with van der Waals surface area (Å²) in [5.41, 5.74) is -2.26. The van der Waals surface area contributed by atoms with E-state index in [0.717, 1.165) is 0 Å². The van der Waals surface area contributed by atoms with E-state index >= 15 is 0 Å². The molecule has 0 aromatic heterocycles. The molecule has 0 bridgehead atoms. The lowest BCUT2D eigenvalue weighted by molar-refractivity contribution is -0.0182. The largest absolute Gasteiger partial charge is 0.342 e. The van der Waals surface area contributed by atoms with Gasteiger partial charge < -0.3 is 4.74 Å². The van der Waals surface area contributed by atoms with E-state index in [-0.39, 0.29) is 11.3 Å². The van der Waals surface area contributed by atoms with Crippen molar-refractivity contribution in [2.24, 2.45) is 0 Å². The molecule has 3 atom stereocenters. The number of rotatable bonds is 2. The number of ether oxygens (including phenoxy) is 1. The zero-order valence-corrected chi connectivity index (χ0v) is 13.3. The molecule has 0 spiro atoms. The molecule has 0 saturated carbocycles. The molecule has 1 aromatic carbocycles. The summed E-state index contributed by atoms with van der Waals surface area (Å²) < 4.78 is 31.4. The zero-order chi connectivity index (χ0) is 15.9. The molecule has 0 unspecified atom stereocenters. The van der Waals surface area contributed by atoms with Gasteiger partial charge >= 0.3 is 0 Å². The van der Waals surface area contributed by atoms with Crippen molar-refractivity contribution in [2.45, 2.75) is 41.6 Å². The lowest BCUT2D eigenvalue weighted by Gasteiger charge is -2.25. The second-order valence-corrected chi connectivity index (χ2v) is 7.99. The molecule has 21 heavy (non-hydrogen) atoms. The number of hydrogen-bond donors (Lipinski definition) is 0. The summed E-state index contributed by atoms with van der Waals surface area (Å²) in [4.78, 5) is 0.156. The van der Waals surface area contributed by atoms with E-state index in [0.29, 0.717) is 5.02 Å². The summed E-state index contributed by atoms with van der Waals surface area (Å²) in [6, 6.07) is 5.97. The highest BCUT2D eigenvalue weighted by molar-refractivity contribution is 7.92. The molecule has 0 radical (unpaired) electrons. The summed E-state index contributed by atoms with van der Waals surface area (Å²) in [6.45, 7) is 3.24. The Labute approximate surface area is 130 Å². The fourth-order valence-electron chi connectivity index (χ4n) is 2.53. The first-order valence-corrected chi connectivity index (χ1v) is 8.24. The van der Waals surface area contributed by atoms with Crippen molar-refractivity contribution in [1.82, 2.24) is 0 Å². The average molecular weight is 323 g/mol. The third-order valence-electron chi connectivity index (χ3n) is 3.74. The van der Waals surface area contributed by atoms with Crippen LogP contribution < -0.4 is 0 Å². The smallest absolute Gasteiger partial charge is 0.185 e. The third kappa shape index (κ3) is 2.68. The van der Waals surface area contributed by atoms with E-state index in [1.54, 1.807) is 13.8 Å². The summed E-state index contributed by atoms with van der Waals surface area (Å²) >= 11 is 5.79. The fourth-order valence-corrected chi connectivity index (χ4v) is 4.74. The Morgan fingerprint density at radius 2 is 1.81 bits per heavy atom. The van der Waals surface area contributed by atoms with Gasteiger partial charge in [0.15, 0.2) is 9.84 Å². The van der Waals surface area contributed by atoms with Crippen LogP contribution in [0.3, 0.4) is 0 Å². The molecule has 1 aromatic rings. The normalized spacial score (nSPS) is 32.3. The van der Waals surface area contributed by atoms with Crippen LogP contribution in [0.25, 0.3) is 0 Å². The Hall–Kier alpha value is -1.46. The minimum Gasteiger partial charge on any atom is -0.342 e. The van der Waals surface area contributed by atoms with Gasteiger partial charge in [0.2, 0.25) is 0 Å². The van der Waals surface area contributed by atoms with Crippen LogP contribution in [0, 0.1) is 24.7 Å². The van der Waals surface area contributed by atoms with Crippen LogP contribution in [0.1, 0.15) is 20.3 Å². The van der Waals surface area contributed by atoms with E-state index in [1.165, 1.54) is 24.3 Å². The molecule has 0 aliphatic carbocycles. The van der Waals surface area contributed by atoms with Crippen molar-refractivity contribution in [3.05, 3.63) is 29.3 Å². The molecule has 2 rings (SSSR count). The molecular weight excluding hydrogens is 308 g/mol. The average Bonchev–Trinajstić information content (AvgIpc) is 2.73. The summed E-state index contributed by atoms with van der Waals surface area (Å²) in [6.07, 6.45) is 11.1. The molecule has 1 aliphatic rings. The van der Waals surface area contributed by atoms with Gasteiger partial charge in [0.05, 0.1) is 4.90 Å². The maximum atomic E-state index is 12.8. The first kappa shape index (κ1) is 15.9. The van der Waals surface area contributed by atoms with Crippen molar-refractivity contribution >= 4 is 21.4 Å². The standard InChI is InChI=1S/C16H15ClO3S/c1-5-15(3)11-14(16(4,6-2)20-15)21(18,19)13-9-7-12(17)8-10-13/h1-2,7-10,14H,11H2,3-4H3/t14-,15+,16-/m0/s1. The number of sulfone groups is 1. The lowest BCUT2D eigenvalue weighted by Crippen LogP contribution is -2.40. The van der Waals surface area contributed by atoms with Crippen molar-refractivity contribution in [1.29, 1.82) is 0 Å². The molecule has 110 valence electrons. The SMILES string of the molecule is C#C[C@]1(C)C[C@H](S(=O)(=O)c2ccc(Cl)cc2)[C@](C)(C#C)O1. The molecule has 5 heteroatoms. The van der Waals surface area contributed by atoms with Gasteiger partial charge in [0.1, 0.15) is 16.5 Å². The van der Waals surface area contributed by atoms with Crippen LogP contribution in [0.2, 0.25) is 5.02 Å². The van der Waals surface area contributed by atoms with Crippen molar-refractivity contribution in [3.63, 3.8) is 0 Å². The fraction of sp³-hybridized carbons (Fsp3) is 0.375. The molecule has 1 aliphatic heterocycles. The number of halogens is 1. The third-order valence-corrected chi connectivity index (χ3v) is 6.28. The predicted molar refractivity (Wildman–Crippen MR) is 82.6 cm³/mol. The molecule has 0 N–H and O–H groups in total. The van der Waals surface area contributed by atoms with Crippen LogP contribution in [0.4, 0.5) is 0 Å². The van der Waals surface area contributed by atoms with Crippen LogP contribution in [0.15, 0.2) is 29.2 Å². The Kier molecular flexibility index (Phi) is 3.84. The quantitative estimate of drug-likeness (QED) is 0.786. The number of benzene rings is 1. The molecule has 1 fully saturated rings. The molecule has 0 amide bonds. The second-order valence-electron chi connectivity index (χ2n) is 5.42. The van der Waals surface area contributed by atoms with Crippen molar-refractivity contribution in [2.75, 3.05) is 0 Å². The Balaban J connectivity index is 2.52. The minimum absolute atomic E-state index is 0.148. The lowest BCUT2D eigenvalue weighted by atomic mass is 9.98. The van der Waals surface area contributed by atoms with Gasteiger partial charge in [-0.05, 0) is 38.1 Å². The van der Waals surface area contributed by atoms with Gasteiger partial charge in [0.25, 0.3) is 0 Å². The van der Waals surface area contributed by atoms with E-state index in [9.17, 15) is 8.42 Å². The molecule has 1 heterocycles. The monoisotopic (exact) mass is 322 g/mol. The highest BCUT2D eigenvalue weighted by Gasteiger charge is 2.55. The Morgan fingerprint density at radius 3 is 2.29 bits per heavy atom. The van der Waals surface area contributed by atoms with E-state index < -0.39 is 26.3 Å². The predicted octanol–water partition coefficient (Wildman–Crippen LogP) is 2.69. The topological polar surface area (TPSA) is 43.4 Å². The Morgan fingerprint density at radius 1 is 1.24 bits per heavy atom. The molecular formula is C16H15ClO3S. The minimum atomic E-state index is -3.68. The molecule has 3 nitrogen and oxygen atoms in total. The van der Waals surface area contributed by atoms with E-state index in [4.69, 9.17) is 29.2 Å². The van der Waals surface area contributed by atoms with Crippen molar-refractivity contribution in [3.8, 4) is 24.7 Å². The van der Waals surface area contributed by atoms with Gasteiger partial charge in [-0.3, -0.25) is 0 Å². The van der Waals surface area contributed by atoms with E-state index in [2.05, 4.69) is 11.8 Å². The van der Waals surface area contributed by atoms with Gasteiger partial charge in [0, 0.05) is 11.4 Å². The van der Waals surface area contributed by atoms with E-state index in [1.807, 2.05) is 0 Å². The van der Waals surface area contributed by atoms with Crippen LogP contribution in [-0.4, -0.2) is 24.9 Å². The molecule has 1 saturated heterocycles. The summed E-state index contributed by atoms with van der Waals surface area (Å²) in [5.74, 6) is 4.93. The maximum Gasteiger partial charge on any atom is 0.185 e. The first-order valence-electron chi connectivity index (χ1n) is 6.32. The highest BCUT2D eigenvalue weighted by Crippen LogP contribution is 2.43. The van der Waals surface area contributed by atoms with Gasteiger partial charge in [-0.15, -0.1) is 12.8 Å². The summed E-state index contributed by atoms with van der Waals surface area (Å²) in [7, 11) is -3.68. The van der Waals surface area contributed by atoms with Gasteiger partial charge in [-0.2, -0.15) is 0 Å². The maximum absolute atomic E-state index is 12.8. The summed E-state index contributed by atoms with van der Waals surface area (Å²) in [5, 5.41) is -0.443. The number of terminal acetylenes is 2. The van der Waals surface area contributed by atoms with Crippen LogP contribution in [0.5, 0.6) is 0 Å². The zero-order valence-electron chi connectivity index (χ0n) is 11.8.